The highest BCUT2D eigenvalue weighted by Gasteiger charge is 2.14. The SMILES string of the molecule is [C-]#[N+]c1cnn2cccc2c1-c1cnn(C(C)OCC)c1. The lowest BCUT2D eigenvalue weighted by Crippen LogP contribution is -2.09. The lowest BCUT2D eigenvalue weighted by molar-refractivity contribution is 0.0160. The monoisotopic (exact) mass is 281 g/mol. The minimum Gasteiger partial charge on any atom is -0.357 e. The fraction of sp³-hybridized carbons (Fsp3) is 0.267. The number of fused-ring (bicyclic) bond motifs is 1. The van der Waals surface area contributed by atoms with E-state index in [1.807, 2.05) is 38.4 Å². The normalized spacial score (nSPS) is 12.4. The average Bonchev–Trinajstić information content (AvgIpc) is 3.15. The van der Waals surface area contributed by atoms with Crippen molar-refractivity contribution in [3.05, 3.63) is 48.3 Å². The van der Waals surface area contributed by atoms with Crippen molar-refractivity contribution in [2.75, 3.05) is 6.61 Å². The maximum Gasteiger partial charge on any atom is 0.216 e. The molecule has 0 saturated carbocycles. The highest BCUT2D eigenvalue weighted by atomic mass is 16.5. The van der Waals surface area contributed by atoms with Crippen molar-refractivity contribution in [1.29, 1.82) is 0 Å². The van der Waals surface area contributed by atoms with E-state index in [1.165, 1.54) is 0 Å². The highest BCUT2D eigenvalue weighted by Crippen LogP contribution is 2.33. The van der Waals surface area contributed by atoms with Gasteiger partial charge in [-0.3, -0.25) is 0 Å². The van der Waals surface area contributed by atoms with Gasteiger partial charge in [0.25, 0.3) is 0 Å². The van der Waals surface area contributed by atoms with Crippen molar-refractivity contribution in [3.8, 4) is 11.1 Å². The van der Waals surface area contributed by atoms with E-state index in [1.54, 1.807) is 21.6 Å². The van der Waals surface area contributed by atoms with Crippen LogP contribution >= 0.6 is 0 Å². The minimum absolute atomic E-state index is 0.134. The van der Waals surface area contributed by atoms with Gasteiger partial charge >= 0.3 is 0 Å². The molecule has 0 fully saturated rings. The first-order valence-corrected chi connectivity index (χ1v) is 6.74. The Morgan fingerprint density at radius 1 is 1.38 bits per heavy atom. The molecule has 1 unspecified atom stereocenters. The van der Waals surface area contributed by atoms with Crippen molar-refractivity contribution < 1.29 is 4.74 Å². The summed E-state index contributed by atoms with van der Waals surface area (Å²) in [7, 11) is 0. The van der Waals surface area contributed by atoms with Crippen LogP contribution < -0.4 is 0 Å². The fourth-order valence-corrected chi connectivity index (χ4v) is 2.35. The zero-order chi connectivity index (χ0) is 14.8. The molecule has 0 bridgehead atoms. The first-order chi connectivity index (χ1) is 10.2. The maximum absolute atomic E-state index is 7.34. The Morgan fingerprint density at radius 2 is 2.24 bits per heavy atom. The second-order valence-electron chi connectivity index (χ2n) is 4.62. The van der Waals surface area contributed by atoms with E-state index >= 15 is 0 Å². The van der Waals surface area contributed by atoms with Gasteiger partial charge in [0.05, 0.1) is 24.5 Å². The second-order valence-corrected chi connectivity index (χ2v) is 4.62. The largest absolute Gasteiger partial charge is 0.357 e. The molecule has 106 valence electrons. The summed E-state index contributed by atoms with van der Waals surface area (Å²) in [5, 5.41) is 8.56. The van der Waals surface area contributed by atoms with E-state index in [9.17, 15) is 0 Å². The van der Waals surface area contributed by atoms with Gasteiger partial charge in [-0.15, -0.1) is 0 Å². The number of aromatic nitrogens is 4. The molecule has 3 aromatic heterocycles. The smallest absolute Gasteiger partial charge is 0.216 e. The molecule has 0 amide bonds. The summed E-state index contributed by atoms with van der Waals surface area (Å²) in [5.41, 5.74) is 3.15. The summed E-state index contributed by atoms with van der Waals surface area (Å²) >= 11 is 0. The first kappa shape index (κ1) is 13.3. The van der Waals surface area contributed by atoms with Crippen LogP contribution in [0.5, 0.6) is 0 Å². The van der Waals surface area contributed by atoms with E-state index in [2.05, 4.69) is 15.0 Å². The number of hydrogen-bond donors (Lipinski definition) is 0. The molecule has 3 heterocycles. The van der Waals surface area contributed by atoms with Gasteiger partial charge in [-0.2, -0.15) is 10.2 Å². The summed E-state index contributed by atoms with van der Waals surface area (Å²) in [6.07, 6.45) is 6.97. The number of ether oxygens (including phenoxy) is 1. The van der Waals surface area contributed by atoms with E-state index in [-0.39, 0.29) is 6.23 Å². The van der Waals surface area contributed by atoms with E-state index < -0.39 is 0 Å². The molecule has 0 radical (unpaired) electrons. The summed E-state index contributed by atoms with van der Waals surface area (Å²) in [5.74, 6) is 0. The van der Waals surface area contributed by atoms with Crippen LogP contribution in [0.15, 0.2) is 36.9 Å². The molecule has 0 aliphatic rings. The molecule has 1 atom stereocenters. The summed E-state index contributed by atoms with van der Waals surface area (Å²) in [6, 6.07) is 3.85. The van der Waals surface area contributed by atoms with E-state index in [0.717, 1.165) is 16.6 Å². The minimum atomic E-state index is -0.134. The van der Waals surface area contributed by atoms with Crippen LogP contribution in [0, 0.1) is 6.57 Å². The molecule has 21 heavy (non-hydrogen) atoms. The van der Waals surface area contributed by atoms with Gasteiger partial charge in [0.2, 0.25) is 5.69 Å². The van der Waals surface area contributed by atoms with Crippen LogP contribution in [0.1, 0.15) is 20.1 Å². The van der Waals surface area contributed by atoms with Crippen LogP contribution in [0.4, 0.5) is 5.69 Å². The molecule has 0 spiro atoms. The lowest BCUT2D eigenvalue weighted by Gasteiger charge is -2.11. The number of nitrogens with zero attached hydrogens (tertiary/aromatic N) is 5. The Bertz CT molecular complexity index is 811. The summed E-state index contributed by atoms with van der Waals surface area (Å²) in [4.78, 5) is 3.57. The molecular weight excluding hydrogens is 266 g/mol. The van der Waals surface area contributed by atoms with Crippen LogP contribution in [-0.2, 0) is 4.74 Å². The molecule has 6 nitrogen and oxygen atoms in total. The predicted octanol–water partition coefficient (Wildman–Crippen LogP) is 3.30. The van der Waals surface area contributed by atoms with Gasteiger partial charge < -0.3 is 4.74 Å². The Hall–Kier alpha value is -2.65. The van der Waals surface area contributed by atoms with Crippen molar-refractivity contribution in [2.24, 2.45) is 0 Å². The van der Waals surface area contributed by atoms with Gasteiger partial charge in [-0.1, -0.05) is 0 Å². The molecule has 3 aromatic rings. The van der Waals surface area contributed by atoms with Crippen LogP contribution in [0.25, 0.3) is 21.5 Å². The first-order valence-electron chi connectivity index (χ1n) is 6.74. The lowest BCUT2D eigenvalue weighted by atomic mass is 10.1. The molecule has 3 rings (SSSR count). The molecule has 6 heteroatoms. The molecule has 0 N–H and O–H groups in total. The predicted molar refractivity (Wildman–Crippen MR) is 79.0 cm³/mol. The maximum atomic E-state index is 7.34. The third-order valence-corrected chi connectivity index (χ3v) is 3.34. The Labute approximate surface area is 122 Å². The van der Waals surface area contributed by atoms with Crippen LogP contribution in [0.2, 0.25) is 0 Å². The van der Waals surface area contributed by atoms with Crippen molar-refractivity contribution in [2.45, 2.75) is 20.1 Å². The zero-order valence-electron chi connectivity index (χ0n) is 11.9. The Balaban J connectivity index is 2.12. The average molecular weight is 281 g/mol. The van der Waals surface area contributed by atoms with Gasteiger partial charge in [-0.05, 0) is 26.0 Å². The van der Waals surface area contributed by atoms with Gasteiger partial charge in [0.15, 0.2) is 0 Å². The zero-order valence-corrected chi connectivity index (χ0v) is 11.9. The number of hydrogen-bond acceptors (Lipinski definition) is 3. The van der Waals surface area contributed by atoms with Gasteiger partial charge in [-0.25, -0.2) is 14.0 Å². The standard InChI is InChI=1S/C15H15N5O/c1-4-21-11(2)20-10-12(8-17-20)15-13(16-3)9-18-19-7-5-6-14(15)19/h5-11H,4H2,1-2H3. The van der Waals surface area contributed by atoms with Crippen LogP contribution in [-0.4, -0.2) is 26.0 Å². The Morgan fingerprint density at radius 3 is 3.00 bits per heavy atom. The topological polar surface area (TPSA) is 48.7 Å². The van der Waals surface area contributed by atoms with Crippen molar-refractivity contribution in [3.63, 3.8) is 0 Å². The van der Waals surface area contributed by atoms with Crippen LogP contribution in [0.3, 0.4) is 0 Å². The molecule has 0 aliphatic carbocycles. The van der Waals surface area contributed by atoms with Crippen molar-refractivity contribution >= 4 is 11.2 Å². The van der Waals surface area contributed by atoms with Gasteiger partial charge in [0, 0.05) is 30.1 Å². The number of rotatable bonds is 4. The summed E-state index contributed by atoms with van der Waals surface area (Å²) < 4.78 is 9.04. The van der Waals surface area contributed by atoms with Gasteiger partial charge in [0.1, 0.15) is 6.23 Å². The van der Waals surface area contributed by atoms with E-state index in [0.29, 0.717) is 12.3 Å². The molecule has 0 saturated heterocycles. The Kier molecular flexibility index (Phi) is 3.42. The quantitative estimate of drug-likeness (QED) is 0.689. The highest BCUT2D eigenvalue weighted by molar-refractivity contribution is 5.89. The summed E-state index contributed by atoms with van der Waals surface area (Å²) in [6.45, 7) is 11.9. The fourth-order valence-electron chi connectivity index (χ4n) is 2.35. The van der Waals surface area contributed by atoms with E-state index in [4.69, 9.17) is 11.3 Å². The molecule has 0 aliphatic heterocycles. The second kappa shape index (κ2) is 5.38. The molecule has 0 aromatic carbocycles. The molecular formula is C15H15N5O. The third-order valence-electron chi connectivity index (χ3n) is 3.34. The third kappa shape index (κ3) is 2.28. The van der Waals surface area contributed by atoms with Crippen molar-refractivity contribution in [1.82, 2.24) is 19.4 Å².